The van der Waals surface area contributed by atoms with E-state index < -0.39 is 0 Å². The Labute approximate surface area is 165 Å². The van der Waals surface area contributed by atoms with E-state index >= 15 is 0 Å². The van der Waals surface area contributed by atoms with Crippen molar-refractivity contribution in [3.8, 4) is 6.07 Å². The van der Waals surface area contributed by atoms with E-state index in [0.29, 0.717) is 37.0 Å². The first kappa shape index (κ1) is 19.9. The van der Waals surface area contributed by atoms with Crippen LogP contribution in [-0.2, 0) is 19.1 Å². The minimum Gasteiger partial charge on any atom is -0.499 e. The number of carbonyl (C=O) groups excluding carboxylic acids is 2. The van der Waals surface area contributed by atoms with Crippen molar-refractivity contribution in [2.45, 2.75) is 44.4 Å². The normalized spacial score (nSPS) is 22.6. The molecule has 0 saturated heterocycles. The summed E-state index contributed by atoms with van der Waals surface area (Å²) in [6.45, 7) is 0.505. The molecular formula is C22H26N2O4. The molecule has 1 saturated carbocycles. The van der Waals surface area contributed by atoms with Crippen LogP contribution >= 0.6 is 0 Å². The van der Waals surface area contributed by atoms with Crippen LogP contribution < -0.4 is 4.90 Å². The third-order valence-electron chi connectivity index (χ3n) is 5.86. The second-order valence-electron chi connectivity index (χ2n) is 7.41. The van der Waals surface area contributed by atoms with Crippen molar-refractivity contribution in [2.75, 3.05) is 25.7 Å². The second kappa shape index (κ2) is 8.92. The molecule has 0 N–H and O–H groups in total. The minimum absolute atomic E-state index is 0.0850. The van der Waals surface area contributed by atoms with Gasteiger partial charge in [0.2, 0.25) is 0 Å². The molecule has 6 heteroatoms. The number of hydrogen-bond donors (Lipinski definition) is 0. The first-order valence-electron chi connectivity index (χ1n) is 9.73. The Morgan fingerprint density at radius 1 is 1.18 bits per heavy atom. The van der Waals surface area contributed by atoms with E-state index in [9.17, 15) is 14.9 Å². The number of nitriles is 1. The SMILES string of the molecule is COC(=O)CC1CCC(c2ccc(N3CCC(OC)=C(C#N)C3=O)cc2)CC1. The highest BCUT2D eigenvalue weighted by Crippen LogP contribution is 2.38. The number of amides is 1. The predicted molar refractivity (Wildman–Crippen MR) is 104 cm³/mol. The molecule has 0 spiro atoms. The van der Waals surface area contributed by atoms with Crippen LogP contribution in [0.5, 0.6) is 0 Å². The van der Waals surface area contributed by atoms with Gasteiger partial charge in [-0.15, -0.1) is 0 Å². The van der Waals surface area contributed by atoms with Crippen LogP contribution in [0.1, 0.15) is 50.0 Å². The van der Waals surface area contributed by atoms with Crippen molar-refractivity contribution in [1.29, 1.82) is 5.26 Å². The number of carbonyl (C=O) groups is 2. The van der Waals surface area contributed by atoms with Gasteiger partial charge in [-0.05, 0) is 55.2 Å². The number of ether oxygens (including phenoxy) is 2. The highest BCUT2D eigenvalue weighted by atomic mass is 16.5. The highest BCUT2D eigenvalue weighted by Gasteiger charge is 2.29. The van der Waals surface area contributed by atoms with Crippen molar-refractivity contribution in [3.05, 3.63) is 41.2 Å². The lowest BCUT2D eigenvalue weighted by Crippen LogP contribution is -2.37. The molecule has 6 nitrogen and oxygen atoms in total. The van der Waals surface area contributed by atoms with Crippen molar-refractivity contribution < 1.29 is 19.1 Å². The number of anilines is 1. The molecule has 28 heavy (non-hydrogen) atoms. The molecule has 1 aromatic rings. The van der Waals surface area contributed by atoms with E-state index in [2.05, 4.69) is 12.1 Å². The van der Waals surface area contributed by atoms with Gasteiger partial charge in [-0.2, -0.15) is 5.26 Å². The van der Waals surface area contributed by atoms with Crippen LogP contribution in [0.4, 0.5) is 5.69 Å². The third-order valence-corrected chi connectivity index (χ3v) is 5.86. The van der Waals surface area contributed by atoms with Gasteiger partial charge >= 0.3 is 5.97 Å². The van der Waals surface area contributed by atoms with E-state index in [1.165, 1.54) is 19.8 Å². The fourth-order valence-electron chi connectivity index (χ4n) is 4.20. The Morgan fingerprint density at radius 3 is 2.43 bits per heavy atom. The minimum atomic E-state index is -0.304. The molecule has 148 valence electrons. The number of nitrogens with zero attached hydrogens (tertiary/aromatic N) is 2. The van der Waals surface area contributed by atoms with Crippen LogP contribution in [0.15, 0.2) is 35.6 Å². The lowest BCUT2D eigenvalue weighted by Gasteiger charge is -2.30. The molecule has 0 radical (unpaired) electrons. The van der Waals surface area contributed by atoms with Gasteiger partial charge in [0.1, 0.15) is 11.8 Å². The number of rotatable bonds is 5. The Balaban J connectivity index is 1.64. The first-order valence-corrected chi connectivity index (χ1v) is 9.73. The Kier molecular flexibility index (Phi) is 6.35. The monoisotopic (exact) mass is 382 g/mol. The van der Waals surface area contributed by atoms with Crippen molar-refractivity contribution in [2.24, 2.45) is 5.92 Å². The van der Waals surface area contributed by atoms with Crippen molar-refractivity contribution in [1.82, 2.24) is 0 Å². The van der Waals surface area contributed by atoms with E-state index in [1.807, 2.05) is 18.2 Å². The summed E-state index contributed by atoms with van der Waals surface area (Å²) >= 11 is 0. The smallest absolute Gasteiger partial charge is 0.305 e. The number of esters is 1. The molecule has 1 aliphatic carbocycles. The topological polar surface area (TPSA) is 79.6 Å². The standard InChI is InChI=1S/C22H26N2O4/c1-27-20-11-12-24(22(26)19(20)14-23)18-9-7-17(8-10-18)16-5-3-15(4-6-16)13-21(25)28-2/h7-10,15-16H,3-6,11-13H2,1-2H3. The zero-order valence-corrected chi connectivity index (χ0v) is 16.4. The molecule has 0 atom stereocenters. The first-order chi connectivity index (χ1) is 13.6. The number of benzene rings is 1. The van der Waals surface area contributed by atoms with Crippen LogP contribution in [0.2, 0.25) is 0 Å². The Hall–Kier alpha value is -2.81. The number of methoxy groups -OCH3 is 2. The summed E-state index contributed by atoms with van der Waals surface area (Å²) in [5, 5.41) is 9.27. The maximum absolute atomic E-state index is 12.6. The fraction of sp³-hybridized carbons (Fsp3) is 0.500. The van der Waals surface area contributed by atoms with E-state index in [0.717, 1.165) is 31.4 Å². The lowest BCUT2D eigenvalue weighted by atomic mass is 9.77. The third kappa shape index (κ3) is 4.19. The van der Waals surface area contributed by atoms with Gasteiger partial charge in [0.25, 0.3) is 5.91 Å². The largest absolute Gasteiger partial charge is 0.499 e. The molecule has 0 bridgehead atoms. The van der Waals surface area contributed by atoms with Crippen molar-refractivity contribution in [3.63, 3.8) is 0 Å². The van der Waals surface area contributed by atoms with Gasteiger partial charge in [-0.3, -0.25) is 9.59 Å². The van der Waals surface area contributed by atoms with Crippen LogP contribution in [0.25, 0.3) is 0 Å². The summed E-state index contributed by atoms with van der Waals surface area (Å²) in [6, 6.07) is 10.0. The van der Waals surface area contributed by atoms with Crippen molar-refractivity contribution >= 4 is 17.6 Å². The summed E-state index contributed by atoms with van der Waals surface area (Å²) < 4.78 is 9.94. The Morgan fingerprint density at radius 2 is 1.86 bits per heavy atom. The predicted octanol–water partition coefficient (Wildman–Crippen LogP) is 3.68. The molecule has 2 aliphatic rings. The molecule has 0 aromatic heterocycles. The van der Waals surface area contributed by atoms with Gasteiger partial charge in [-0.25, -0.2) is 0 Å². The molecule has 1 amide bonds. The van der Waals surface area contributed by atoms with Gasteiger partial charge in [0.15, 0.2) is 5.57 Å². The lowest BCUT2D eigenvalue weighted by molar-refractivity contribution is -0.142. The molecule has 3 rings (SSSR count). The highest BCUT2D eigenvalue weighted by molar-refractivity contribution is 6.09. The summed E-state index contributed by atoms with van der Waals surface area (Å²) in [6.07, 6.45) is 5.23. The van der Waals surface area contributed by atoms with E-state index in [-0.39, 0.29) is 17.4 Å². The number of hydrogen-bond acceptors (Lipinski definition) is 5. The van der Waals surface area contributed by atoms with Gasteiger partial charge in [0.05, 0.1) is 14.2 Å². The fourth-order valence-corrected chi connectivity index (χ4v) is 4.20. The van der Waals surface area contributed by atoms with E-state index in [4.69, 9.17) is 9.47 Å². The molecule has 1 aromatic carbocycles. The quantitative estimate of drug-likeness (QED) is 0.726. The van der Waals surface area contributed by atoms with Gasteiger partial charge in [0, 0.05) is 25.1 Å². The molecule has 0 unspecified atom stereocenters. The summed E-state index contributed by atoms with van der Waals surface area (Å²) in [4.78, 5) is 25.7. The molecule has 1 fully saturated rings. The zero-order chi connectivity index (χ0) is 20.1. The summed E-state index contributed by atoms with van der Waals surface area (Å²) in [5.41, 5.74) is 2.15. The maximum Gasteiger partial charge on any atom is 0.305 e. The Bertz CT molecular complexity index is 799. The van der Waals surface area contributed by atoms with Gasteiger partial charge in [-0.1, -0.05) is 12.1 Å². The molecule has 1 aliphatic heterocycles. The van der Waals surface area contributed by atoms with Crippen LogP contribution in [0, 0.1) is 17.2 Å². The average molecular weight is 382 g/mol. The van der Waals surface area contributed by atoms with Crippen LogP contribution in [0.3, 0.4) is 0 Å². The summed E-state index contributed by atoms with van der Waals surface area (Å²) in [5.74, 6) is 0.932. The van der Waals surface area contributed by atoms with E-state index in [1.54, 1.807) is 4.90 Å². The second-order valence-corrected chi connectivity index (χ2v) is 7.41. The average Bonchev–Trinajstić information content (AvgIpc) is 2.74. The molecule has 1 heterocycles. The zero-order valence-electron chi connectivity index (χ0n) is 16.4. The van der Waals surface area contributed by atoms with Gasteiger partial charge < -0.3 is 14.4 Å². The maximum atomic E-state index is 12.6. The molecular weight excluding hydrogens is 356 g/mol. The summed E-state index contributed by atoms with van der Waals surface area (Å²) in [7, 11) is 2.93. The van der Waals surface area contributed by atoms with Crippen LogP contribution in [-0.4, -0.2) is 32.6 Å².